The van der Waals surface area contributed by atoms with Crippen LogP contribution in [0.15, 0.2) is 35.5 Å². The van der Waals surface area contributed by atoms with Crippen LogP contribution in [0.5, 0.6) is 0 Å². The minimum Gasteiger partial charge on any atom is -1.00 e. The van der Waals surface area contributed by atoms with Crippen LogP contribution in [0, 0.1) is 11.3 Å². The third-order valence-corrected chi connectivity index (χ3v) is 3.87. The molecule has 0 rings (SSSR count). The summed E-state index contributed by atoms with van der Waals surface area (Å²) >= 11 is 0. The Bertz CT molecular complexity index is 444. The highest BCUT2D eigenvalue weighted by molar-refractivity contribution is 5.17. The average Bonchev–Trinajstić information content (AvgIpc) is 2.42. The summed E-state index contributed by atoms with van der Waals surface area (Å²) in [6.07, 6.45) is 6.26. The van der Waals surface area contributed by atoms with Gasteiger partial charge in [0.15, 0.2) is 0 Å². The summed E-state index contributed by atoms with van der Waals surface area (Å²) in [4.78, 5) is 0. The van der Waals surface area contributed by atoms with Crippen molar-refractivity contribution < 1.29 is 26.2 Å². The Labute approximate surface area is 147 Å². The van der Waals surface area contributed by atoms with E-state index in [0.717, 1.165) is 29.4 Å². The zero-order chi connectivity index (χ0) is 16.5. The Balaban J connectivity index is 0. The second kappa shape index (κ2) is 11.6. The molecule has 0 aliphatic carbocycles. The van der Waals surface area contributed by atoms with Gasteiger partial charge in [-0.1, -0.05) is 18.2 Å². The number of halogens is 1. The van der Waals surface area contributed by atoms with E-state index in [2.05, 4.69) is 46.7 Å². The lowest BCUT2D eigenvalue weighted by Crippen LogP contribution is -3.00. The van der Waals surface area contributed by atoms with E-state index in [4.69, 9.17) is 10.00 Å². The molecule has 0 aliphatic heterocycles. The Kier molecular flexibility index (Phi) is 12.4. The van der Waals surface area contributed by atoms with Gasteiger partial charge in [0.05, 0.1) is 33.3 Å². The molecule has 0 bridgehead atoms. The number of nitrogens with zero attached hydrogens (tertiary/aromatic N) is 2. The summed E-state index contributed by atoms with van der Waals surface area (Å²) in [7, 11) is 6.12. The van der Waals surface area contributed by atoms with E-state index >= 15 is 0 Å². The standard InChI is InChI=1S/C18H31N2O.BrH/c1-15(2)18(9-8-16(3)11-13-21-7)20(5,6)12-10-17(4)14-19;/h10-11,18H,1,8-9,12-13H2,2-7H3;1H/q+1;/p-1/b16-11-,17-10-;. The molecule has 22 heavy (non-hydrogen) atoms. The van der Waals surface area contributed by atoms with Crippen LogP contribution in [0.3, 0.4) is 0 Å². The molecule has 1 atom stereocenters. The minimum atomic E-state index is 0. The Hall–Kier alpha value is -0.890. The number of hydrogen-bond acceptors (Lipinski definition) is 2. The van der Waals surface area contributed by atoms with Crippen LogP contribution in [0.4, 0.5) is 0 Å². The molecule has 0 aliphatic rings. The molecule has 0 radical (unpaired) electrons. The molecule has 0 heterocycles. The minimum absolute atomic E-state index is 0. The second-order valence-corrected chi connectivity index (χ2v) is 6.37. The lowest BCUT2D eigenvalue weighted by atomic mass is 9.98. The van der Waals surface area contributed by atoms with Gasteiger partial charge in [-0.25, -0.2) is 0 Å². The van der Waals surface area contributed by atoms with Gasteiger partial charge in [0.1, 0.15) is 6.04 Å². The van der Waals surface area contributed by atoms with Crippen LogP contribution in [0.2, 0.25) is 0 Å². The van der Waals surface area contributed by atoms with Crippen molar-refractivity contribution in [3.63, 3.8) is 0 Å². The van der Waals surface area contributed by atoms with Gasteiger partial charge in [0.2, 0.25) is 0 Å². The normalized spacial score (nSPS) is 14.0. The fourth-order valence-corrected chi connectivity index (χ4v) is 2.43. The van der Waals surface area contributed by atoms with Crippen molar-refractivity contribution in [1.82, 2.24) is 0 Å². The Morgan fingerprint density at radius 1 is 1.27 bits per heavy atom. The van der Waals surface area contributed by atoms with Crippen LogP contribution < -0.4 is 17.0 Å². The van der Waals surface area contributed by atoms with Gasteiger partial charge < -0.3 is 26.2 Å². The summed E-state index contributed by atoms with van der Waals surface area (Å²) in [5, 5.41) is 8.88. The molecule has 1 unspecified atom stereocenters. The van der Waals surface area contributed by atoms with E-state index in [9.17, 15) is 0 Å². The zero-order valence-electron chi connectivity index (χ0n) is 14.9. The van der Waals surface area contributed by atoms with Crippen molar-refractivity contribution in [2.24, 2.45) is 0 Å². The van der Waals surface area contributed by atoms with Gasteiger partial charge in [-0.05, 0) is 38.8 Å². The molecular formula is C18H31BrN2O. The summed E-state index contributed by atoms with van der Waals surface area (Å²) in [5.41, 5.74) is 3.33. The smallest absolute Gasteiger partial charge is 0.110 e. The highest BCUT2D eigenvalue weighted by Gasteiger charge is 2.27. The van der Waals surface area contributed by atoms with Gasteiger partial charge in [0.25, 0.3) is 0 Å². The van der Waals surface area contributed by atoms with E-state index in [-0.39, 0.29) is 17.0 Å². The largest absolute Gasteiger partial charge is 1.00 e. The average molecular weight is 371 g/mol. The molecule has 0 N–H and O–H groups in total. The lowest BCUT2D eigenvalue weighted by molar-refractivity contribution is -0.904. The second-order valence-electron chi connectivity index (χ2n) is 6.37. The van der Waals surface area contributed by atoms with Gasteiger partial charge >= 0.3 is 0 Å². The van der Waals surface area contributed by atoms with Crippen LogP contribution in [-0.2, 0) is 4.74 Å². The van der Waals surface area contributed by atoms with E-state index in [0.29, 0.717) is 12.6 Å². The number of hydrogen-bond donors (Lipinski definition) is 0. The molecule has 126 valence electrons. The number of likely N-dealkylation sites (N-methyl/N-ethyl adjacent to an activating group) is 1. The van der Waals surface area contributed by atoms with E-state index in [1.165, 1.54) is 11.1 Å². The van der Waals surface area contributed by atoms with Crippen molar-refractivity contribution in [1.29, 1.82) is 5.26 Å². The maximum Gasteiger partial charge on any atom is 0.110 e. The van der Waals surface area contributed by atoms with E-state index in [1.54, 1.807) is 7.11 Å². The predicted octanol–water partition coefficient (Wildman–Crippen LogP) is 0.854. The molecule has 0 aromatic carbocycles. The van der Waals surface area contributed by atoms with E-state index < -0.39 is 0 Å². The quantitative estimate of drug-likeness (QED) is 0.342. The first-order chi connectivity index (χ1) is 9.74. The Morgan fingerprint density at radius 2 is 1.86 bits per heavy atom. The van der Waals surface area contributed by atoms with Crippen molar-refractivity contribution in [2.45, 2.75) is 39.7 Å². The first-order valence-corrected chi connectivity index (χ1v) is 7.44. The SMILES string of the molecule is C=C(C)C(CC/C(C)=C\COC)[N+](C)(C)C/C=C(/C)C#N.[Br-]. The fraction of sp³-hybridized carbons (Fsp3) is 0.611. The molecular weight excluding hydrogens is 340 g/mol. The topological polar surface area (TPSA) is 33.0 Å². The fourth-order valence-electron chi connectivity index (χ4n) is 2.43. The van der Waals surface area contributed by atoms with Crippen LogP contribution in [0.1, 0.15) is 33.6 Å². The Morgan fingerprint density at radius 3 is 2.32 bits per heavy atom. The van der Waals surface area contributed by atoms with Gasteiger partial charge in [-0.3, -0.25) is 0 Å². The van der Waals surface area contributed by atoms with Gasteiger partial charge in [-0.2, -0.15) is 5.26 Å². The zero-order valence-corrected chi connectivity index (χ0v) is 16.5. The molecule has 0 amide bonds. The molecule has 0 aromatic heterocycles. The molecule has 0 aromatic rings. The van der Waals surface area contributed by atoms with Crippen LogP contribution >= 0.6 is 0 Å². The summed E-state index contributed by atoms with van der Waals surface area (Å²) < 4.78 is 5.90. The van der Waals surface area contributed by atoms with Crippen LogP contribution in [0.25, 0.3) is 0 Å². The first-order valence-electron chi connectivity index (χ1n) is 7.44. The molecule has 4 heteroatoms. The highest BCUT2D eigenvalue weighted by Crippen LogP contribution is 2.22. The third-order valence-electron chi connectivity index (χ3n) is 3.87. The van der Waals surface area contributed by atoms with Crippen molar-refractivity contribution in [2.75, 3.05) is 34.4 Å². The highest BCUT2D eigenvalue weighted by atomic mass is 79.9. The lowest BCUT2D eigenvalue weighted by Gasteiger charge is -2.38. The number of ether oxygens (including phenoxy) is 1. The summed E-state index contributed by atoms with van der Waals surface area (Å²) in [6, 6.07) is 2.57. The maximum atomic E-state index is 8.88. The molecule has 0 saturated heterocycles. The third kappa shape index (κ3) is 9.19. The van der Waals surface area contributed by atoms with Crippen molar-refractivity contribution in [3.05, 3.63) is 35.5 Å². The predicted molar refractivity (Wildman–Crippen MR) is 89.8 cm³/mol. The van der Waals surface area contributed by atoms with E-state index in [1.807, 2.05) is 13.0 Å². The summed E-state index contributed by atoms with van der Waals surface area (Å²) in [5.74, 6) is 0. The number of nitriles is 1. The van der Waals surface area contributed by atoms with Crippen molar-refractivity contribution in [3.8, 4) is 6.07 Å². The molecule has 0 fully saturated rings. The first kappa shape index (κ1) is 23.4. The number of allylic oxidation sites excluding steroid dienone is 2. The molecule has 3 nitrogen and oxygen atoms in total. The van der Waals surface area contributed by atoms with Crippen molar-refractivity contribution >= 4 is 0 Å². The molecule has 0 spiro atoms. The summed E-state index contributed by atoms with van der Waals surface area (Å²) in [6.45, 7) is 11.8. The maximum absolute atomic E-state index is 8.88. The van der Waals surface area contributed by atoms with Crippen LogP contribution in [-0.4, -0.2) is 44.9 Å². The number of methoxy groups -OCH3 is 1. The van der Waals surface area contributed by atoms with Gasteiger partial charge in [0, 0.05) is 19.1 Å². The number of quaternary nitrogens is 1. The monoisotopic (exact) mass is 370 g/mol. The van der Waals surface area contributed by atoms with Gasteiger partial charge in [-0.15, -0.1) is 0 Å². The number of rotatable bonds is 9. The molecule has 0 saturated carbocycles.